The zero-order valence-electron chi connectivity index (χ0n) is 9.77. The minimum Gasteiger partial charge on any atom is -0.493 e. The molecule has 0 spiro atoms. The van der Waals surface area contributed by atoms with Gasteiger partial charge in [0.25, 0.3) is 0 Å². The molecule has 0 radical (unpaired) electrons. The van der Waals surface area contributed by atoms with E-state index in [0.717, 1.165) is 23.8 Å². The van der Waals surface area contributed by atoms with Gasteiger partial charge < -0.3 is 14.6 Å². The SMILES string of the molecule is COc1cc([C@H](C)O)ccc1OCC1CC1. The Bertz CT molecular complexity index is 356. The Balaban J connectivity index is 2.09. The van der Waals surface area contributed by atoms with Crippen molar-refractivity contribution in [2.45, 2.75) is 25.9 Å². The third kappa shape index (κ3) is 2.67. The van der Waals surface area contributed by atoms with Crippen LogP contribution in [0.25, 0.3) is 0 Å². The monoisotopic (exact) mass is 222 g/mol. The van der Waals surface area contributed by atoms with E-state index < -0.39 is 6.10 Å². The van der Waals surface area contributed by atoms with Crippen molar-refractivity contribution in [3.05, 3.63) is 23.8 Å². The topological polar surface area (TPSA) is 38.7 Å². The summed E-state index contributed by atoms with van der Waals surface area (Å²) in [4.78, 5) is 0. The van der Waals surface area contributed by atoms with Crippen LogP contribution in [-0.4, -0.2) is 18.8 Å². The van der Waals surface area contributed by atoms with E-state index in [1.807, 2.05) is 18.2 Å². The van der Waals surface area contributed by atoms with Crippen LogP contribution in [0.4, 0.5) is 0 Å². The average Bonchev–Trinajstić information content (AvgIpc) is 3.09. The van der Waals surface area contributed by atoms with E-state index in [1.165, 1.54) is 12.8 Å². The Morgan fingerprint density at radius 3 is 2.69 bits per heavy atom. The second kappa shape index (κ2) is 4.74. The van der Waals surface area contributed by atoms with Crippen molar-refractivity contribution in [2.75, 3.05) is 13.7 Å². The Kier molecular flexibility index (Phi) is 3.34. The molecule has 1 aliphatic carbocycles. The molecule has 16 heavy (non-hydrogen) atoms. The van der Waals surface area contributed by atoms with Crippen molar-refractivity contribution in [1.29, 1.82) is 0 Å². The molecule has 1 aliphatic rings. The van der Waals surface area contributed by atoms with E-state index in [1.54, 1.807) is 14.0 Å². The van der Waals surface area contributed by atoms with E-state index in [9.17, 15) is 5.11 Å². The average molecular weight is 222 g/mol. The van der Waals surface area contributed by atoms with Crippen LogP contribution in [0.2, 0.25) is 0 Å². The van der Waals surface area contributed by atoms with Crippen molar-refractivity contribution >= 4 is 0 Å². The van der Waals surface area contributed by atoms with Gasteiger partial charge in [-0.3, -0.25) is 0 Å². The molecule has 1 atom stereocenters. The van der Waals surface area contributed by atoms with Gasteiger partial charge in [0.2, 0.25) is 0 Å². The van der Waals surface area contributed by atoms with Gasteiger partial charge in [0.15, 0.2) is 11.5 Å². The van der Waals surface area contributed by atoms with Gasteiger partial charge in [0.1, 0.15) is 0 Å². The maximum absolute atomic E-state index is 9.47. The Labute approximate surface area is 96.0 Å². The molecule has 1 fully saturated rings. The molecular weight excluding hydrogens is 204 g/mol. The summed E-state index contributed by atoms with van der Waals surface area (Å²) in [6.07, 6.45) is 2.06. The first-order valence-electron chi connectivity index (χ1n) is 5.69. The number of methoxy groups -OCH3 is 1. The Morgan fingerprint density at radius 2 is 2.12 bits per heavy atom. The lowest BCUT2D eigenvalue weighted by molar-refractivity contribution is 0.198. The van der Waals surface area contributed by atoms with Crippen LogP contribution in [0.1, 0.15) is 31.4 Å². The van der Waals surface area contributed by atoms with Crippen LogP contribution in [0.5, 0.6) is 11.5 Å². The van der Waals surface area contributed by atoms with Gasteiger partial charge in [0.05, 0.1) is 19.8 Å². The molecule has 0 aliphatic heterocycles. The molecule has 0 saturated heterocycles. The number of hydrogen-bond donors (Lipinski definition) is 1. The number of benzene rings is 1. The normalized spacial score (nSPS) is 16.9. The number of hydrogen-bond acceptors (Lipinski definition) is 3. The minimum atomic E-state index is -0.480. The maximum atomic E-state index is 9.47. The van der Waals surface area contributed by atoms with Crippen molar-refractivity contribution in [2.24, 2.45) is 5.92 Å². The van der Waals surface area contributed by atoms with Gasteiger partial charge in [0, 0.05) is 0 Å². The molecule has 0 aromatic heterocycles. The summed E-state index contributed by atoms with van der Waals surface area (Å²) >= 11 is 0. The first-order chi connectivity index (χ1) is 7.70. The highest BCUT2D eigenvalue weighted by molar-refractivity contribution is 5.43. The number of aliphatic hydroxyl groups excluding tert-OH is 1. The van der Waals surface area contributed by atoms with Crippen molar-refractivity contribution < 1.29 is 14.6 Å². The van der Waals surface area contributed by atoms with Crippen LogP contribution >= 0.6 is 0 Å². The van der Waals surface area contributed by atoms with Gasteiger partial charge in [-0.2, -0.15) is 0 Å². The lowest BCUT2D eigenvalue weighted by atomic mass is 10.1. The Morgan fingerprint density at radius 1 is 1.38 bits per heavy atom. The summed E-state index contributed by atoms with van der Waals surface area (Å²) in [5.41, 5.74) is 0.843. The molecular formula is C13H18O3. The van der Waals surface area contributed by atoms with Gasteiger partial charge in [-0.25, -0.2) is 0 Å². The molecule has 3 heteroatoms. The van der Waals surface area contributed by atoms with E-state index in [2.05, 4.69) is 0 Å². The molecule has 0 unspecified atom stereocenters. The standard InChI is InChI=1S/C13H18O3/c1-9(14)11-5-6-12(13(7-11)15-2)16-8-10-3-4-10/h5-7,9-10,14H,3-4,8H2,1-2H3/t9-/m0/s1. The fraction of sp³-hybridized carbons (Fsp3) is 0.538. The van der Waals surface area contributed by atoms with Gasteiger partial charge in [-0.15, -0.1) is 0 Å². The second-order valence-electron chi connectivity index (χ2n) is 4.34. The Hall–Kier alpha value is -1.22. The summed E-state index contributed by atoms with van der Waals surface area (Å²) in [5.74, 6) is 2.18. The predicted octanol–water partition coefficient (Wildman–Crippen LogP) is 2.54. The quantitative estimate of drug-likeness (QED) is 0.832. The fourth-order valence-electron chi connectivity index (χ4n) is 1.56. The van der Waals surface area contributed by atoms with E-state index in [0.29, 0.717) is 5.75 Å². The largest absolute Gasteiger partial charge is 0.493 e. The third-order valence-corrected chi connectivity index (χ3v) is 2.84. The third-order valence-electron chi connectivity index (χ3n) is 2.84. The van der Waals surface area contributed by atoms with E-state index in [-0.39, 0.29) is 0 Å². The van der Waals surface area contributed by atoms with Gasteiger partial charge in [-0.05, 0) is 43.4 Å². The molecule has 1 saturated carbocycles. The second-order valence-corrected chi connectivity index (χ2v) is 4.34. The highest BCUT2D eigenvalue weighted by Crippen LogP contribution is 2.34. The zero-order chi connectivity index (χ0) is 11.5. The molecule has 88 valence electrons. The minimum absolute atomic E-state index is 0.480. The zero-order valence-corrected chi connectivity index (χ0v) is 9.77. The number of aliphatic hydroxyl groups is 1. The van der Waals surface area contributed by atoms with E-state index in [4.69, 9.17) is 9.47 Å². The summed E-state index contributed by atoms with van der Waals surface area (Å²) in [6.45, 7) is 2.50. The van der Waals surface area contributed by atoms with Crippen LogP contribution in [-0.2, 0) is 0 Å². The smallest absolute Gasteiger partial charge is 0.161 e. The van der Waals surface area contributed by atoms with E-state index >= 15 is 0 Å². The van der Waals surface area contributed by atoms with Gasteiger partial charge in [-0.1, -0.05) is 6.07 Å². The predicted molar refractivity (Wildman–Crippen MR) is 61.8 cm³/mol. The van der Waals surface area contributed by atoms with Crippen LogP contribution in [0.15, 0.2) is 18.2 Å². The molecule has 1 aromatic rings. The molecule has 0 heterocycles. The summed E-state index contributed by atoms with van der Waals surface area (Å²) in [5, 5.41) is 9.47. The van der Waals surface area contributed by atoms with Crippen LogP contribution in [0, 0.1) is 5.92 Å². The molecule has 1 N–H and O–H groups in total. The summed E-state index contributed by atoms with van der Waals surface area (Å²) in [6, 6.07) is 5.56. The van der Waals surface area contributed by atoms with Crippen molar-refractivity contribution in [3.8, 4) is 11.5 Å². The summed E-state index contributed by atoms with van der Waals surface area (Å²) < 4.78 is 10.9. The summed E-state index contributed by atoms with van der Waals surface area (Å²) in [7, 11) is 1.62. The lowest BCUT2D eigenvalue weighted by Crippen LogP contribution is -2.01. The molecule has 3 nitrogen and oxygen atoms in total. The van der Waals surface area contributed by atoms with Gasteiger partial charge >= 0.3 is 0 Å². The first-order valence-corrected chi connectivity index (χ1v) is 5.69. The van der Waals surface area contributed by atoms with Crippen molar-refractivity contribution in [1.82, 2.24) is 0 Å². The van der Waals surface area contributed by atoms with Crippen molar-refractivity contribution in [3.63, 3.8) is 0 Å². The highest BCUT2D eigenvalue weighted by atomic mass is 16.5. The molecule has 0 bridgehead atoms. The van der Waals surface area contributed by atoms with Crippen LogP contribution < -0.4 is 9.47 Å². The first kappa shape index (κ1) is 11.3. The maximum Gasteiger partial charge on any atom is 0.161 e. The number of ether oxygens (including phenoxy) is 2. The lowest BCUT2D eigenvalue weighted by Gasteiger charge is -2.13. The highest BCUT2D eigenvalue weighted by Gasteiger charge is 2.22. The fourth-order valence-corrected chi connectivity index (χ4v) is 1.56. The molecule has 0 amide bonds. The molecule has 2 rings (SSSR count). The number of rotatable bonds is 5. The molecule has 1 aromatic carbocycles. The van der Waals surface area contributed by atoms with Crippen LogP contribution in [0.3, 0.4) is 0 Å².